The second kappa shape index (κ2) is 5.22. The van der Waals surface area contributed by atoms with Gasteiger partial charge in [-0.3, -0.25) is 0 Å². The number of halogens is 6. The molecule has 0 spiro atoms. The Bertz CT molecular complexity index is 459. The third kappa shape index (κ3) is 3.55. The van der Waals surface area contributed by atoms with Gasteiger partial charge in [-0.15, -0.1) is 0 Å². The van der Waals surface area contributed by atoms with Crippen molar-refractivity contribution in [1.29, 1.82) is 0 Å². The predicted octanol–water partition coefficient (Wildman–Crippen LogP) is 4.53. The first-order valence-electron chi connectivity index (χ1n) is 5.56. The molecule has 1 fully saturated rings. The van der Waals surface area contributed by atoms with E-state index in [1.54, 1.807) is 0 Å². The van der Waals surface area contributed by atoms with Crippen molar-refractivity contribution in [2.75, 3.05) is 5.32 Å². The second-order valence-corrected chi connectivity index (χ2v) is 5.25. The number of pyridine rings is 1. The van der Waals surface area contributed by atoms with Crippen LogP contribution in [0.1, 0.15) is 24.8 Å². The van der Waals surface area contributed by atoms with Gasteiger partial charge in [-0.25, -0.2) is 13.8 Å². The van der Waals surface area contributed by atoms with E-state index in [4.69, 9.17) is 0 Å². The zero-order chi connectivity index (χ0) is 14.2. The maximum atomic E-state index is 12.8. The minimum absolute atomic E-state index is 0.0723. The Morgan fingerprint density at radius 3 is 2.42 bits per heavy atom. The van der Waals surface area contributed by atoms with Gasteiger partial charge in [-0.05, 0) is 40.8 Å². The maximum absolute atomic E-state index is 12.8. The average molecular weight is 345 g/mol. The molecule has 1 aliphatic rings. The SMILES string of the molecule is FC(F)c1cc(N[C@@H](C2CC2)C(F)(F)F)ncc1Br. The van der Waals surface area contributed by atoms with E-state index in [1.807, 2.05) is 0 Å². The third-order valence-electron chi connectivity index (χ3n) is 2.87. The monoisotopic (exact) mass is 344 g/mol. The molecule has 0 saturated heterocycles. The van der Waals surface area contributed by atoms with Crippen LogP contribution in [0, 0.1) is 5.92 Å². The van der Waals surface area contributed by atoms with Crippen molar-refractivity contribution in [3.05, 3.63) is 22.3 Å². The number of alkyl halides is 5. The Morgan fingerprint density at radius 1 is 1.32 bits per heavy atom. The summed E-state index contributed by atoms with van der Waals surface area (Å²) in [6.07, 6.45) is -5.15. The van der Waals surface area contributed by atoms with Crippen molar-refractivity contribution < 1.29 is 22.0 Å². The van der Waals surface area contributed by atoms with E-state index in [-0.39, 0.29) is 15.9 Å². The summed E-state index contributed by atoms with van der Waals surface area (Å²) >= 11 is 2.89. The van der Waals surface area contributed by atoms with Crippen LogP contribution in [0.15, 0.2) is 16.7 Å². The van der Waals surface area contributed by atoms with Gasteiger partial charge in [-0.1, -0.05) is 0 Å². The first-order valence-corrected chi connectivity index (χ1v) is 6.35. The molecule has 0 radical (unpaired) electrons. The second-order valence-electron chi connectivity index (χ2n) is 4.39. The van der Waals surface area contributed by atoms with Crippen LogP contribution in [-0.4, -0.2) is 17.2 Å². The van der Waals surface area contributed by atoms with E-state index < -0.39 is 24.6 Å². The predicted molar refractivity (Wildman–Crippen MR) is 63.1 cm³/mol. The lowest BCUT2D eigenvalue weighted by molar-refractivity contribution is -0.146. The number of anilines is 1. The van der Waals surface area contributed by atoms with Crippen LogP contribution < -0.4 is 5.32 Å². The van der Waals surface area contributed by atoms with Gasteiger partial charge in [0.25, 0.3) is 6.43 Å². The van der Waals surface area contributed by atoms with Crippen molar-refractivity contribution in [2.45, 2.75) is 31.5 Å². The zero-order valence-electron chi connectivity index (χ0n) is 9.52. The van der Waals surface area contributed by atoms with Gasteiger partial charge in [-0.2, -0.15) is 13.2 Å². The van der Waals surface area contributed by atoms with Crippen LogP contribution in [0.4, 0.5) is 27.8 Å². The molecule has 1 heterocycles. The largest absolute Gasteiger partial charge is 0.408 e. The molecular weight excluding hydrogens is 335 g/mol. The molecule has 0 unspecified atom stereocenters. The molecule has 1 aromatic rings. The Balaban J connectivity index is 2.20. The van der Waals surface area contributed by atoms with E-state index >= 15 is 0 Å². The average Bonchev–Trinajstić information content (AvgIpc) is 3.09. The molecule has 1 atom stereocenters. The van der Waals surface area contributed by atoms with E-state index in [9.17, 15) is 22.0 Å². The highest BCUT2D eigenvalue weighted by Gasteiger charge is 2.49. The Labute approximate surface area is 114 Å². The van der Waals surface area contributed by atoms with Crippen molar-refractivity contribution in [2.24, 2.45) is 5.92 Å². The van der Waals surface area contributed by atoms with E-state index in [0.29, 0.717) is 12.8 Å². The Kier molecular flexibility index (Phi) is 3.98. The van der Waals surface area contributed by atoms with E-state index in [1.165, 1.54) is 0 Å². The molecule has 1 aliphatic carbocycles. The minimum Gasteiger partial charge on any atom is -0.358 e. The lowest BCUT2D eigenvalue weighted by Gasteiger charge is -2.22. The first kappa shape index (κ1) is 14.5. The Morgan fingerprint density at radius 2 is 1.95 bits per heavy atom. The normalized spacial score (nSPS) is 17.6. The smallest absolute Gasteiger partial charge is 0.358 e. The summed E-state index contributed by atoms with van der Waals surface area (Å²) in [7, 11) is 0. The van der Waals surface area contributed by atoms with Crippen LogP contribution >= 0.6 is 15.9 Å². The molecule has 0 bridgehead atoms. The van der Waals surface area contributed by atoms with Crippen LogP contribution in [0.3, 0.4) is 0 Å². The highest BCUT2D eigenvalue weighted by atomic mass is 79.9. The highest BCUT2D eigenvalue weighted by Crippen LogP contribution is 2.41. The van der Waals surface area contributed by atoms with Gasteiger partial charge in [0.05, 0.1) is 0 Å². The summed E-state index contributed by atoms with van der Waals surface area (Å²) < 4.78 is 63.7. The topological polar surface area (TPSA) is 24.9 Å². The lowest BCUT2D eigenvalue weighted by Crippen LogP contribution is -2.38. The van der Waals surface area contributed by atoms with Crippen LogP contribution in [0.5, 0.6) is 0 Å². The number of rotatable bonds is 4. The van der Waals surface area contributed by atoms with Gasteiger partial charge in [0.2, 0.25) is 0 Å². The summed E-state index contributed by atoms with van der Waals surface area (Å²) in [5, 5.41) is 2.21. The number of nitrogens with zero attached hydrogens (tertiary/aromatic N) is 1. The number of aromatic nitrogens is 1. The number of hydrogen-bond acceptors (Lipinski definition) is 2. The van der Waals surface area contributed by atoms with Gasteiger partial charge in [0.1, 0.15) is 11.9 Å². The maximum Gasteiger partial charge on any atom is 0.408 e. The molecule has 2 rings (SSSR count). The standard InChI is InChI=1S/C11H10BrF5N2/c12-7-4-18-8(3-6(7)10(13)14)19-9(5-1-2-5)11(15,16)17/h3-5,9-10H,1-2H2,(H,18,19)/t9-/m0/s1. The van der Waals surface area contributed by atoms with Crippen LogP contribution in [0.2, 0.25) is 0 Å². The molecule has 8 heteroatoms. The number of hydrogen-bond donors (Lipinski definition) is 1. The molecule has 1 aromatic heterocycles. The molecule has 19 heavy (non-hydrogen) atoms. The highest BCUT2D eigenvalue weighted by molar-refractivity contribution is 9.10. The molecule has 1 saturated carbocycles. The molecule has 106 valence electrons. The molecule has 2 nitrogen and oxygen atoms in total. The van der Waals surface area contributed by atoms with Crippen molar-refractivity contribution >= 4 is 21.7 Å². The van der Waals surface area contributed by atoms with E-state index in [2.05, 4.69) is 26.2 Å². The van der Waals surface area contributed by atoms with Crippen molar-refractivity contribution in [1.82, 2.24) is 4.98 Å². The fourth-order valence-electron chi connectivity index (χ4n) is 1.76. The van der Waals surface area contributed by atoms with E-state index in [0.717, 1.165) is 12.3 Å². The van der Waals surface area contributed by atoms with Crippen LogP contribution in [0.25, 0.3) is 0 Å². The third-order valence-corrected chi connectivity index (χ3v) is 3.53. The molecule has 0 amide bonds. The quantitative estimate of drug-likeness (QED) is 0.811. The zero-order valence-corrected chi connectivity index (χ0v) is 11.1. The molecule has 1 N–H and O–H groups in total. The summed E-state index contributed by atoms with van der Waals surface area (Å²) in [4.78, 5) is 3.69. The molecule has 0 aromatic carbocycles. The lowest BCUT2D eigenvalue weighted by atomic mass is 10.1. The molecular formula is C11H10BrF5N2. The summed E-state index contributed by atoms with van der Waals surface area (Å²) in [6.45, 7) is 0. The fraction of sp³-hybridized carbons (Fsp3) is 0.545. The van der Waals surface area contributed by atoms with Gasteiger partial charge >= 0.3 is 6.18 Å². The van der Waals surface area contributed by atoms with Crippen LogP contribution in [-0.2, 0) is 0 Å². The summed E-state index contributed by atoms with van der Waals surface area (Å²) in [5.41, 5.74) is -0.380. The minimum atomic E-state index is -4.42. The number of nitrogens with one attached hydrogen (secondary N) is 1. The fourth-order valence-corrected chi connectivity index (χ4v) is 2.15. The van der Waals surface area contributed by atoms with Gasteiger partial charge < -0.3 is 5.32 Å². The van der Waals surface area contributed by atoms with Gasteiger partial charge in [0.15, 0.2) is 0 Å². The van der Waals surface area contributed by atoms with Crippen molar-refractivity contribution in [3.8, 4) is 0 Å². The van der Waals surface area contributed by atoms with Crippen molar-refractivity contribution in [3.63, 3.8) is 0 Å². The molecule has 0 aliphatic heterocycles. The first-order chi connectivity index (χ1) is 8.79. The summed E-state index contributed by atoms with van der Waals surface area (Å²) in [5.74, 6) is -0.687. The summed E-state index contributed by atoms with van der Waals surface area (Å²) in [6, 6.07) is -0.790. The Hall–Kier alpha value is -0.920. The van der Waals surface area contributed by atoms with Gasteiger partial charge in [0, 0.05) is 16.2 Å².